The number of methoxy groups -OCH3 is 1. The summed E-state index contributed by atoms with van der Waals surface area (Å²) in [6.45, 7) is 1.95. The summed E-state index contributed by atoms with van der Waals surface area (Å²) >= 11 is 6.36. The molecule has 0 radical (unpaired) electrons. The zero-order valence-corrected chi connectivity index (χ0v) is 20.4. The molecule has 0 aromatic heterocycles. The molecular formula is C29H26ClNO4. The zero-order valence-electron chi connectivity index (χ0n) is 19.7. The number of ether oxygens (including phenoxy) is 1. The second kappa shape index (κ2) is 9.23. The molecule has 178 valence electrons. The number of Topliss-reactive ketones (excluding diaryl/α,β-unsaturated/α-hetero) is 1. The van der Waals surface area contributed by atoms with E-state index in [4.69, 9.17) is 16.3 Å². The van der Waals surface area contributed by atoms with E-state index in [1.54, 1.807) is 18.2 Å². The van der Waals surface area contributed by atoms with Crippen LogP contribution in [0.1, 0.15) is 46.7 Å². The maximum absolute atomic E-state index is 13.4. The van der Waals surface area contributed by atoms with Crippen molar-refractivity contribution in [1.82, 2.24) is 0 Å². The van der Waals surface area contributed by atoms with Crippen molar-refractivity contribution in [2.75, 3.05) is 12.0 Å². The number of halogens is 1. The fourth-order valence-electron chi connectivity index (χ4n) is 5.10. The molecule has 1 aliphatic carbocycles. The summed E-state index contributed by atoms with van der Waals surface area (Å²) in [7, 11) is 1.51. The first-order valence-electron chi connectivity index (χ1n) is 11.7. The largest absolute Gasteiger partial charge is 0.507 e. The number of hydrogen-bond acceptors (Lipinski definition) is 4. The molecule has 5 rings (SSSR count). The second-order valence-electron chi connectivity index (χ2n) is 9.09. The summed E-state index contributed by atoms with van der Waals surface area (Å²) in [5.41, 5.74) is 5.25. The molecule has 5 nitrogen and oxygen atoms in total. The number of carbonyl (C=O) groups excluding carboxylic acids is 2. The molecule has 1 heterocycles. The summed E-state index contributed by atoms with van der Waals surface area (Å²) in [5.74, 6) is -1.13. The van der Waals surface area contributed by atoms with Gasteiger partial charge in [-0.25, -0.2) is 0 Å². The normalized spacial score (nSPS) is 19.1. The number of ketones is 1. The van der Waals surface area contributed by atoms with Crippen molar-refractivity contribution in [3.63, 3.8) is 0 Å². The number of hydrogen-bond donors (Lipinski definition) is 1. The minimum absolute atomic E-state index is 0.0725. The summed E-state index contributed by atoms with van der Waals surface area (Å²) < 4.78 is 5.25. The number of amides is 1. The monoisotopic (exact) mass is 487 g/mol. The summed E-state index contributed by atoms with van der Waals surface area (Å²) in [4.78, 5) is 28.2. The molecule has 0 spiro atoms. The van der Waals surface area contributed by atoms with Gasteiger partial charge < -0.3 is 9.84 Å². The van der Waals surface area contributed by atoms with E-state index in [0.717, 1.165) is 36.8 Å². The number of aliphatic hydroxyl groups excluding tert-OH is 1. The van der Waals surface area contributed by atoms with Crippen LogP contribution in [0, 0.1) is 6.92 Å². The molecule has 1 unspecified atom stereocenters. The maximum atomic E-state index is 13.4. The van der Waals surface area contributed by atoms with Crippen molar-refractivity contribution in [3.8, 4) is 5.75 Å². The molecule has 0 saturated carbocycles. The van der Waals surface area contributed by atoms with E-state index in [-0.39, 0.29) is 11.3 Å². The lowest BCUT2D eigenvalue weighted by Gasteiger charge is -2.26. The van der Waals surface area contributed by atoms with Crippen molar-refractivity contribution in [3.05, 3.63) is 99.1 Å². The smallest absolute Gasteiger partial charge is 0.300 e. The third-order valence-corrected chi connectivity index (χ3v) is 7.13. The van der Waals surface area contributed by atoms with Crippen LogP contribution in [0.25, 0.3) is 5.76 Å². The number of nitrogens with zero attached hydrogens (tertiary/aromatic N) is 1. The van der Waals surface area contributed by atoms with Gasteiger partial charge in [0.2, 0.25) is 0 Å². The van der Waals surface area contributed by atoms with Crippen LogP contribution in [0.15, 0.2) is 66.2 Å². The molecule has 3 aromatic carbocycles. The summed E-state index contributed by atoms with van der Waals surface area (Å²) in [5, 5.41) is 11.8. The third-order valence-electron chi connectivity index (χ3n) is 6.84. The van der Waals surface area contributed by atoms with E-state index in [0.29, 0.717) is 22.0 Å². The van der Waals surface area contributed by atoms with Crippen LogP contribution in [0.5, 0.6) is 5.75 Å². The molecule has 1 amide bonds. The number of fused-ring (bicyclic) bond motifs is 1. The first-order chi connectivity index (χ1) is 16.9. The van der Waals surface area contributed by atoms with Crippen LogP contribution >= 0.6 is 11.6 Å². The Morgan fingerprint density at radius 3 is 2.49 bits per heavy atom. The lowest BCUT2D eigenvalue weighted by Crippen LogP contribution is -2.29. The van der Waals surface area contributed by atoms with Gasteiger partial charge in [-0.1, -0.05) is 53.6 Å². The predicted octanol–water partition coefficient (Wildman–Crippen LogP) is 6.16. The number of benzene rings is 3. The standard InChI is InChI=1S/C29H26ClNO4/c1-17-6-5-9-20(14-17)26-25(27(32)21-11-10-18-7-3-4-8-19(18)15-21)28(33)29(34)31(26)22-12-13-24(35-2)23(30)16-22/h5-6,9-16,26,32H,3-4,7-8H2,1-2H3/b27-25-. The van der Waals surface area contributed by atoms with E-state index in [1.165, 1.54) is 23.1 Å². The van der Waals surface area contributed by atoms with Gasteiger partial charge in [-0.05, 0) is 73.6 Å². The summed E-state index contributed by atoms with van der Waals surface area (Å²) in [6.07, 6.45) is 4.21. The molecule has 1 saturated heterocycles. The highest BCUT2D eigenvalue weighted by Crippen LogP contribution is 2.44. The molecule has 1 N–H and O–H groups in total. The average Bonchev–Trinajstić information content (AvgIpc) is 3.13. The van der Waals surface area contributed by atoms with E-state index >= 15 is 0 Å². The maximum Gasteiger partial charge on any atom is 0.300 e. The fraction of sp³-hybridized carbons (Fsp3) is 0.241. The molecule has 1 aliphatic heterocycles. The zero-order chi connectivity index (χ0) is 24.7. The van der Waals surface area contributed by atoms with Crippen LogP contribution < -0.4 is 9.64 Å². The lowest BCUT2D eigenvalue weighted by molar-refractivity contribution is -0.132. The average molecular weight is 488 g/mol. The number of aliphatic hydroxyl groups is 1. The quantitative estimate of drug-likeness (QED) is 0.272. The van der Waals surface area contributed by atoms with Gasteiger partial charge >= 0.3 is 0 Å². The molecule has 0 bridgehead atoms. The molecule has 2 aliphatic rings. The van der Waals surface area contributed by atoms with Gasteiger partial charge in [0.1, 0.15) is 11.5 Å². The Morgan fingerprint density at radius 1 is 1.00 bits per heavy atom. The van der Waals surface area contributed by atoms with E-state index in [1.807, 2.05) is 49.4 Å². The Hall–Kier alpha value is -3.57. The highest BCUT2D eigenvalue weighted by atomic mass is 35.5. The highest BCUT2D eigenvalue weighted by Gasteiger charge is 2.47. The van der Waals surface area contributed by atoms with E-state index < -0.39 is 17.7 Å². The van der Waals surface area contributed by atoms with Crippen LogP contribution in [-0.2, 0) is 22.4 Å². The minimum atomic E-state index is -0.796. The first kappa shape index (κ1) is 23.2. The number of carbonyl (C=O) groups is 2. The van der Waals surface area contributed by atoms with Gasteiger partial charge in [-0.2, -0.15) is 0 Å². The Balaban J connectivity index is 1.69. The fourth-order valence-corrected chi connectivity index (χ4v) is 5.35. The minimum Gasteiger partial charge on any atom is -0.507 e. The van der Waals surface area contributed by atoms with E-state index in [9.17, 15) is 14.7 Å². The molecule has 35 heavy (non-hydrogen) atoms. The Labute approximate surface area is 209 Å². The number of aryl methyl sites for hydroxylation is 3. The highest BCUT2D eigenvalue weighted by molar-refractivity contribution is 6.51. The van der Waals surface area contributed by atoms with Gasteiger partial charge in [0.15, 0.2) is 0 Å². The lowest BCUT2D eigenvalue weighted by atomic mass is 9.88. The van der Waals surface area contributed by atoms with Crippen molar-refractivity contribution >= 4 is 34.7 Å². The molecule has 3 aromatic rings. The van der Waals surface area contributed by atoms with E-state index in [2.05, 4.69) is 0 Å². The van der Waals surface area contributed by atoms with Crippen molar-refractivity contribution < 1.29 is 19.4 Å². The number of anilines is 1. The topological polar surface area (TPSA) is 66.8 Å². The number of rotatable bonds is 4. The molecule has 6 heteroatoms. The van der Waals surface area contributed by atoms with Gasteiger partial charge in [0.25, 0.3) is 11.7 Å². The second-order valence-corrected chi connectivity index (χ2v) is 9.50. The Kier molecular flexibility index (Phi) is 6.12. The van der Waals surface area contributed by atoms with Crippen molar-refractivity contribution in [1.29, 1.82) is 0 Å². The molecular weight excluding hydrogens is 462 g/mol. The van der Waals surface area contributed by atoms with Gasteiger partial charge in [-0.3, -0.25) is 14.5 Å². The van der Waals surface area contributed by atoms with Crippen molar-refractivity contribution in [2.24, 2.45) is 0 Å². The molecule has 1 atom stereocenters. The SMILES string of the molecule is COc1ccc(N2C(=O)C(=O)/C(=C(\O)c3ccc4c(c3)CCCC4)C2c2cccc(C)c2)cc1Cl. The van der Waals surface area contributed by atoms with Crippen molar-refractivity contribution in [2.45, 2.75) is 38.6 Å². The molecule has 1 fully saturated rings. The Bertz CT molecular complexity index is 1380. The van der Waals surface area contributed by atoms with Gasteiger partial charge in [0, 0.05) is 11.3 Å². The third kappa shape index (κ3) is 4.10. The Morgan fingerprint density at radius 2 is 1.77 bits per heavy atom. The van der Waals surface area contributed by atoms with Crippen LogP contribution in [0.3, 0.4) is 0 Å². The predicted molar refractivity (Wildman–Crippen MR) is 137 cm³/mol. The van der Waals surface area contributed by atoms with Gasteiger partial charge in [0.05, 0.1) is 23.7 Å². The van der Waals surface area contributed by atoms with Gasteiger partial charge in [-0.15, -0.1) is 0 Å². The summed E-state index contributed by atoms with van der Waals surface area (Å²) in [6, 6.07) is 17.6. The van der Waals surface area contributed by atoms with Crippen LogP contribution in [-0.4, -0.2) is 23.9 Å². The first-order valence-corrected chi connectivity index (χ1v) is 12.1. The van der Waals surface area contributed by atoms with Crippen LogP contribution in [0.4, 0.5) is 5.69 Å². The van der Waals surface area contributed by atoms with Crippen LogP contribution in [0.2, 0.25) is 5.02 Å².